The van der Waals surface area contributed by atoms with E-state index in [1.807, 2.05) is 0 Å². The van der Waals surface area contributed by atoms with Gasteiger partial charge < -0.3 is 5.73 Å². The van der Waals surface area contributed by atoms with Crippen molar-refractivity contribution in [3.63, 3.8) is 0 Å². The summed E-state index contributed by atoms with van der Waals surface area (Å²) in [4.78, 5) is 0. The van der Waals surface area contributed by atoms with Crippen LogP contribution in [0.3, 0.4) is 0 Å². The van der Waals surface area contributed by atoms with Gasteiger partial charge in [0.25, 0.3) is 0 Å². The normalized spacial score (nSPS) is 10.7. The van der Waals surface area contributed by atoms with Crippen LogP contribution in [-0.2, 0) is 6.54 Å². The first-order chi connectivity index (χ1) is 13.4. The summed E-state index contributed by atoms with van der Waals surface area (Å²) < 4.78 is 2.33. The monoisotopic (exact) mass is 351 g/mol. The second-order valence-corrected chi connectivity index (χ2v) is 6.55. The molecule has 4 aromatic rings. The van der Waals surface area contributed by atoms with Crippen LogP contribution in [0.1, 0.15) is 0 Å². The molecule has 2 heteroatoms. The molecule has 0 aliphatic rings. The first kappa shape index (κ1) is 17.2. The third-order valence-corrected chi connectivity index (χ3v) is 4.76. The molecule has 0 saturated carbocycles. The Morgan fingerprint density at radius 3 is 1.33 bits per heavy atom. The number of rotatable bonds is 5. The SMILES string of the molecule is NCC[n+]1c(-c2ccccc2)cc(-c2ccccc2)cc1-c1ccccc1. The van der Waals surface area contributed by atoms with E-state index >= 15 is 0 Å². The molecule has 0 unspecified atom stereocenters. The molecule has 0 bridgehead atoms. The zero-order valence-corrected chi connectivity index (χ0v) is 15.3. The quantitative estimate of drug-likeness (QED) is 0.508. The maximum Gasteiger partial charge on any atom is 0.213 e. The molecule has 1 heterocycles. The van der Waals surface area contributed by atoms with E-state index in [0.717, 1.165) is 6.54 Å². The molecule has 2 N–H and O–H groups in total. The topological polar surface area (TPSA) is 29.9 Å². The molecule has 1 aromatic heterocycles. The Balaban J connectivity index is 2.01. The predicted molar refractivity (Wildman–Crippen MR) is 112 cm³/mol. The third kappa shape index (κ3) is 3.67. The van der Waals surface area contributed by atoms with Crippen LogP contribution < -0.4 is 10.3 Å². The molecule has 0 radical (unpaired) electrons. The van der Waals surface area contributed by atoms with Gasteiger partial charge in [0.1, 0.15) is 0 Å². The summed E-state index contributed by atoms with van der Waals surface area (Å²) in [5.74, 6) is 0. The number of benzene rings is 3. The van der Waals surface area contributed by atoms with E-state index in [9.17, 15) is 0 Å². The minimum atomic E-state index is 0.592. The number of hydrogen-bond acceptors (Lipinski definition) is 1. The van der Waals surface area contributed by atoms with Gasteiger partial charge in [0.05, 0.1) is 6.54 Å². The average molecular weight is 351 g/mol. The standard InChI is InChI=1S/C25H23N2/c26-16-17-27-24(21-12-6-2-7-13-21)18-23(20-10-4-1-5-11-20)19-25(27)22-14-8-3-9-15-22/h1-15,18-19H,16-17,26H2/q+1. The molecule has 4 rings (SSSR count). The fourth-order valence-corrected chi connectivity index (χ4v) is 3.49. The lowest BCUT2D eigenvalue weighted by Crippen LogP contribution is -2.42. The van der Waals surface area contributed by atoms with E-state index in [2.05, 4.69) is 108 Å². The summed E-state index contributed by atoms with van der Waals surface area (Å²) >= 11 is 0. The van der Waals surface area contributed by atoms with Crippen LogP contribution in [0.4, 0.5) is 0 Å². The molecule has 132 valence electrons. The van der Waals surface area contributed by atoms with Crippen molar-refractivity contribution >= 4 is 0 Å². The van der Waals surface area contributed by atoms with Crippen LogP contribution in [0.15, 0.2) is 103 Å². The van der Waals surface area contributed by atoms with E-state index < -0.39 is 0 Å². The molecule has 0 aliphatic carbocycles. The van der Waals surface area contributed by atoms with E-state index in [4.69, 9.17) is 5.73 Å². The maximum atomic E-state index is 5.98. The van der Waals surface area contributed by atoms with Gasteiger partial charge in [-0.1, -0.05) is 66.7 Å². The van der Waals surface area contributed by atoms with Crippen molar-refractivity contribution in [3.05, 3.63) is 103 Å². The second-order valence-electron chi connectivity index (χ2n) is 6.55. The first-order valence-electron chi connectivity index (χ1n) is 9.31. The molecule has 0 amide bonds. The molecule has 0 fully saturated rings. The molecule has 27 heavy (non-hydrogen) atoms. The summed E-state index contributed by atoms with van der Waals surface area (Å²) in [5.41, 5.74) is 13.2. The Labute approximate surface area is 160 Å². The summed E-state index contributed by atoms with van der Waals surface area (Å²) in [5, 5.41) is 0. The van der Waals surface area contributed by atoms with Gasteiger partial charge in [-0.2, -0.15) is 4.57 Å². The highest BCUT2D eigenvalue weighted by atomic mass is 15.0. The zero-order valence-electron chi connectivity index (χ0n) is 15.3. The highest BCUT2D eigenvalue weighted by Gasteiger charge is 2.21. The van der Waals surface area contributed by atoms with Crippen molar-refractivity contribution in [1.82, 2.24) is 0 Å². The fraction of sp³-hybridized carbons (Fsp3) is 0.0800. The first-order valence-corrected chi connectivity index (χ1v) is 9.31. The third-order valence-electron chi connectivity index (χ3n) is 4.76. The van der Waals surface area contributed by atoms with Gasteiger partial charge in [-0.25, -0.2) is 0 Å². The molecule has 2 nitrogen and oxygen atoms in total. The highest BCUT2D eigenvalue weighted by Crippen LogP contribution is 2.28. The lowest BCUT2D eigenvalue weighted by molar-refractivity contribution is -0.672. The van der Waals surface area contributed by atoms with Crippen LogP contribution in [-0.4, -0.2) is 6.54 Å². The van der Waals surface area contributed by atoms with Gasteiger partial charge in [0.2, 0.25) is 11.4 Å². The van der Waals surface area contributed by atoms with Crippen molar-refractivity contribution in [3.8, 4) is 33.6 Å². The smallest absolute Gasteiger partial charge is 0.213 e. The summed E-state index contributed by atoms with van der Waals surface area (Å²) in [6.45, 7) is 1.36. The lowest BCUT2D eigenvalue weighted by Gasteiger charge is -2.12. The Hall–Kier alpha value is -3.23. The van der Waals surface area contributed by atoms with Crippen LogP contribution in [0.2, 0.25) is 0 Å². The average Bonchev–Trinajstić information content (AvgIpc) is 2.76. The molecular formula is C25H23N2+. The Morgan fingerprint density at radius 1 is 0.519 bits per heavy atom. The van der Waals surface area contributed by atoms with Gasteiger partial charge >= 0.3 is 0 Å². The number of aromatic nitrogens is 1. The molecule has 3 aromatic carbocycles. The summed E-state index contributed by atoms with van der Waals surface area (Å²) in [6, 6.07) is 36.1. The van der Waals surface area contributed by atoms with Crippen molar-refractivity contribution in [2.24, 2.45) is 5.73 Å². The fourth-order valence-electron chi connectivity index (χ4n) is 3.49. The van der Waals surface area contributed by atoms with Crippen LogP contribution in [0, 0.1) is 0 Å². The summed E-state index contributed by atoms with van der Waals surface area (Å²) in [6.07, 6.45) is 0. The zero-order chi connectivity index (χ0) is 18.5. The van der Waals surface area contributed by atoms with E-state index in [0.29, 0.717) is 6.54 Å². The van der Waals surface area contributed by atoms with Crippen molar-refractivity contribution in [2.75, 3.05) is 6.54 Å². The Morgan fingerprint density at radius 2 is 0.926 bits per heavy atom. The molecule has 0 saturated heterocycles. The van der Waals surface area contributed by atoms with E-state index in [1.54, 1.807) is 0 Å². The van der Waals surface area contributed by atoms with Crippen molar-refractivity contribution in [2.45, 2.75) is 6.54 Å². The largest absolute Gasteiger partial charge is 0.325 e. The van der Waals surface area contributed by atoms with Gasteiger partial charge in [0.15, 0.2) is 6.54 Å². The highest BCUT2D eigenvalue weighted by molar-refractivity contribution is 5.73. The molecule has 0 spiro atoms. The van der Waals surface area contributed by atoms with Crippen LogP contribution in [0.5, 0.6) is 0 Å². The minimum Gasteiger partial charge on any atom is -0.325 e. The lowest BCUT2D eigenvalue weighted by atomic mass is 9.99. The number of pyridine rings is 1. The Kier molecular flexibility index (Phi) is 5.08. The Bertz CT molecular complexity index is 949. The van der Waals surface area contributed by atoms with Gasteiger partial charge in [-0.3, -0.25) is 0 Å². The van der Waals surface area contributed by atoms with Crippen LogP contribution in [0.25, 0.3) is 33.6 Å². The predicted octanol–water partition coefficient (Wildman–Crippen LogP) is 4.93. The molecular weight excluding hydrogens is 328 g/mol. The molecule has 0 aliphatic heterocycles. The van der Waals surface area contributed by atoms with E-state index in [1.165, 1.54) is 33.6 Å². The van der Waals surface area contributed by atoms with Gasteiger partial charge in [0, 0.05) is 23.3 Å². The minimum absolute atomic E-state index is 0.592. The molecule has 0 atom stereocenters. The second kappa shape index (κ2) is 7.98. The van der Waals surface area contributed by atoms with Crippen molar-refractivity contribution < 1.29 is 4.57 Å². The van der Waals surface area contributed by atoms with E-state index in [-0.39, 0.29) is 0 Å². The maximum absolute atomic E-state index is 5.98. The van der Waals surface area contributed by atoms with Gasteiger partial charge in [-0.15, -0.1) is 0 Å². The number of nitrogens with two attached hydrogens (primary N) is 1. The number of hydrogen-bond donors (Lipinski definition) is 1. The van der Waals surface area contributed by atoms with Crippen molar-refractivity contribution in [1.29, 1.82) is 0 Å². The summed E-state index contributed by atoms with van der Waals surface area (Å²) in [7, 11) is 0. The van der Waals surface area contributed by atoms with Gasteiger partial charge in [-0.05, 0) is 35.4 Å². The van der Waals surface area contributed by atoms with Crippen LogP contribution >= 0.6 is 0 Å². The number of nitrogens with zero attached hydrogens (tertiary/aromatic N) is 1.